The first kappa shape index (κ1) is 18.2. The summed E-state index contributed by atoms with van der Waals surface area (Å²) in [6.45, 7) is 0. The molecule has 0 unspecified atom stereocenters. The second-order valence-electron chi connectivity index (χ2n) is 7.30. The number of rotatable bonds is 5. The van der Waals surface area contributed by atoms with E-state index >= 15 is 0 Å². The van der Waals surface area contributed by atoms with E-state index in [4.69, 9.17) is 10.3 Å². The van der Waals surface area contributed by atoms with Gasteiger partial charge in [0.05, 0.1) is 17.8 Å². The summed E-state index contributed by atoms with van der Waals surface area (Å²) in [6.07, 6.45) is 9.78. The number of nitrogens with zero attached hydrogens (tertiary/aromatic N) is 6. The fourth-order valence-corrected chi connectivity index (χ4v) is 3.73. The van der Waals surface area contributed by atoms with Crippen molar-refractivity contribution in [3.05, 3.63) is 60.4 Å². The maximum atomic E-state index is 5.58. The summed E-state index contributed by atoms with van der Waals surface area (Å²) in [5, 5.41) is 7.23. The molecular formula is C21H20N8O. The van der Waals surface area contributed by atoms with E-state index in [-0.39, 0.29) is 11.4 Å². The van der Waals surface area contributed by atoms with Crippen LogP contribution in [-0.4, -0.2) is 37.1 Å². The molecule has 1 aliphatic rings. The van der Waals surface area contributed by atoms with E-state index in [1.54, 1.807) is 31.8 Å². The monoisotopic (exact) mass is 400 g/mol. The Morgan fingerprint density at radius 3 is 2.30 bits per heavy atom. The number of aromatic nitrogens is 6. The van der Waals surface area contributed by atoms with E-state index in [1.165, 1.54) is 0 Å². The molecule has 0 aliphatic heterocycles. The van der Waals surface area contributed by atoms with Gasteiger partial charge in [0.1, 0.15) is 11.5 Å². The number of nitrogens with two attached hydrogens (primary N) is 1. The molecule has 0 atom stereocenters. The van der Waals surface area contributed by atoms with Crippen LogP contribution >= 0.6 is 0 Å². The van der Waals surface area contributed by atoms with Gasteiger partial charge in [0, 0.05) is 25.0 Å². The first-order valence-electron chi connectivity index (χ1n) is 9.71. The second kappa shape index (κ2) is 7.18. The van der Waals surface area contributed by atoms with Crippen molar-refractivity contribution in [1.29, 1.82) is 0 Å². The van der Waals surface area contributed by atoms with Crippen LogP contribution in [0.1, 0.15) is 30.7 Å². The van der Waals surface area contributed by atoms with Crippen molar-refractivity contribution in [2.24, 2.45) is 0 Å². The third-order valence-electron chi connectivity index (χ3n) is 5.63. The van der Waals surface area contributed by atoms with Crippen LogP contribution in [0, 0.1) is 0 Å². The molecular weight excluding hydrogens is 380 g/mol. The molecule has 0 spiro atoms. The molecule has 1 aliphatic carbocycles. The normalized spacial score (nSPS) is 14.8. The standard InChI is InChI=1S/C21H20N8O/c1-23-17-12-24-16(11-25-17)18-28-19(29-30-18)21(7-2-8-21)15-5-3-13(4-6-15)14-9-26-20(22)27-10-14/h3-6,9-12H,2,7-8H2,1H3,(H,23,25)(H2,22,26,27). The van der Waals surface area contributed by atoms with Crippen molar-refractivity contribution in [1.82, 2.24) is 30.1 Å². The Hall–Kier alpha value is -3.88. The van der Waals surface area contributed by atoms with Crippen LogP contribution in [0.5, 0.6) is 0 Å². The molecule has 0 bridgehead atoms. The Kier molecular flexibility index (Phi) is 4.35. The third kappa shape index (κ3) is 3.04. The van der Waals surface area contributed by atoms with Crippen molar-refractivity contribution in [3.8, 4) is 22.7 Å². The Bertz CT molecular complexity index is 1150. The summed E-state index contributed by atoms with van der Waals surface area (Å²) >= 11 is 0. The van der Waals surface area contributed by atoms with Crippen molar-refractivity contribution in [2.45, 2.75) is 24.7 Å². The van der Waals surface area contributed by atoms with E-state index in [0.717, 1.165) is 36.0 Å². The lowest BCUT2D eigenvalue weighted by Crippen LogP contribution is -2.36. The summed E-state index contributed by atoms with van der Waals surface area (Å²) < 4.78 is 5.52. The molecule has 0 radical (unpaired) electrons. The average molecular weight is 400 g/mol. The van der Waals surface area contributed by atoms with Crippen LogP contribution in [0.3, 0.4) is 0 Å². The molecule has 0 saturated heterocycles. The van der Waals surface area contributed by atoms with E-state index in [9.17, 15) is 0 Å². The Labute approximate surface area is 172 Å². The van der Waals surface area contributed by atoms with Gasteiger partial charge < -0.3 is 15.6 Å². The Morgan fingerprint density at radius 2 is 1.70 bits per heavy atom. The van der Waals surface area contributed by atoms with Gasteiger partial charge in [0.2, 0.25) is 5.95 Å². The summed E-state index contributed by atoms with van der Waals surface area (Å²) in [4.78, 5) is 21.4. The molecule has 1 fully saturated rings. The van der Waals surface area contributed by atoms with Gasteiger partial charge in [-0.25, -0.2) is 19.9 Å². The van der Waals surface area contributed by atoms with E-state index < -0.39 is 0 Å². The minimum absolute atomic E-state index is 0.240. The van der Waals surface area contributed by atoms with Crippen LogP contribution in [0.4, 0.5) is 11.8 Å². The quantitative estimate of drug-likeness (QED) is 0.519. The molecule has 30 heavy (non-hydrogen) atoms. The van der Waals surface area contributed by atoms with Crippen molar-refractivity contribution >= 4 is 11.8 Å². The predicted molar refractivity (Wildman–Crippen MR) is 111 cm³/mol. The lowest BCUT2D eigenvalue weighted by atomic mass is 9.64. The zero-order valence-corrected chi connectivity index (χ0v) is 16.4. The molecule has 3 aromatic heterocycles. The maximum Gasteiger partial charge on any atom is 0.278 e. The van der Waals surface area contributed by atoms with Crippen LogP contribution in [0.2, 0.25) is 0 Å². The second-order valence-corrected chi connectivity index (χ2v) is 7.30. The van der Waals surface area contributed by atoms with Gasteiger partial charge in [-0.15, -0.1) is 0 Å². The van der Waals surface area contributed by atoms with Gasteiger partial charge in [-0.1, -0.05) is 35.8 Å². The molecule has 1 saturated carbocycles. The lowest BCUT2D eigenvalue weighted by Gasteiger charge is -2.39. The highest BCUT2D eigenvalue weighted by Crippen LogP contribution is 2.48. The number of anilines is 2. The minimum Gasteiger partial charge on any atom is -0.372 e. The van der Waals surface area contributed by atoms with Crippen LogP contribution in [0.25, 0.3) is 22.7 Å². The molecule has 1 aromatic carbocycles. The highest BCUT2D eigenvalue weighted by Gasteiger charge is 2.44. The Morgan fingerprint density at radius 1 is 0.933 bits per heavy atom. The smallest absolute Gasteiger partial charge is 0.278 e. The highest BCUT2D eigenvalue weighted by molar-refractivity contribution is 5.63. The SMILES string of the molecule is CNc1cnc(-c2nc(C3(c4ccc(-c5cnc(N)nc5)cc4)CCC3)no2)cn1. The van der Waals surface area contributed by atoms with Gasteiger partial charge in [-0.3, -0.25) is 0 Å². The fraction of sp³-hybridized carbons (Fsp3) is 0.238. The number of hydrogen-bond acceptors (Lipinski definition) is 9. The van der Waals surface area contributed by atoms with Crippen molar-refractivity contribution in [2.75, 3.05) is 18.1 Å². The molecule has 0 amide bonds. The molecule has 3 N–H and O–H groups in total. The number of nitrogen functional groups attached to an aromatic ring is 1. The summed E-state index contributed by atoms with van der Waals surface area (Å²) in [7, 11) is 1.79. The van der Waals surface area contributed by atoms with Crippen LogP contribution in [0.15, 0.2) is 53.6 Å². The number of benzene rings is 1. The minimum atomic E-state index is -0.240. The van der Waals surface area contributed by atoms with Crippen molar-refractivity contribution < 1.29 is 4.52 Å². The van der Waals surface area contributed by atoms with Gasteiger partial charge in [0.15, 0.2) is 5.82 Å². The predicted octanol–water partition coefficient (Wildman–Crippen LogP) is 3.08. The average Bonchev–Trinajstić information content (AvgIpc) is 3.24. The largest absolute Gasteiger partial charge is 0.372 e. The number of nitrogens with one attached hydrogen (secondary N) is 1. The first-order chi connectivity index (χ1) is 14.7. The highest BCUT2D eigenvalue weighted by atomic mass is 16.5. The van der Waals surface area contributed by atoms with Gasteiger partial charge >= 0.3 is 0 Å². The maximum absolute atomic E-state index is 5.58. The third-order valence-corrected chi connectivity index (χ3v) is 5.63. The summed E-state index contributed by atoms with van der Waals surface area (Å²) in [5.41, 5.74) is 9.01. The number of hydrogen-bond donors (Lipinski definition) is 2. The zero-order valence-electron chi connectivity index (χ0n) is 16.4. The van der Waals surface area contributed by atoms with Gasteiger partial charge in [-0.2, -0.15) is 4.98 Å². The van der Waals surface area contributed by atoms with E-state index in [0.29, 0.717) is 23.2 Å². The fourth-order valence-electron chi connectivity index (χ4n) is 3.73. The van der Waals surface area contributed by atoms with E-state index in [1.807, 2.05) is 0 Å². The molecule has 9 nitrogen and oxygen atoms in total. The van der Waals surface area contributed by atoms with Crippen molar-refractivity contribution in [3.63, 3.8) is 0 Å². The summed E-state index contributed by atoms with van der Waals surface area (Å²) in [5.74, 6) is 2.01. The van der Waals surface area contributed by atoms with E-state index in [2.05, 4.69) is 59.7 Å². The molecule has 4 aromatic rings. The van der Waals surface area contributed by atoms with Gasteiger partial charge in [0.25, 0.3) is 5.89 Å². The lowest BCUT2D eigenvalue weighted by molar-refractivity contribution is 0.273. The first-order valence-corrected chi connectivity index (χ1v) is 9.71. The molecule has 9 heteroatoms. The zero-order chi connectivity index (χ0) is 20.6. The molecule has 3 heterocycles. The molecule has 150 valence electrons. The van der Waals surface area contributed by atoms with Crippen LogP contribution < -0.4 is 11.1 Å². The van der Waals surface area contributed by atoms with Gasteiger partial charge in [-0.05, 0) is 24.0 Å². The summed E-state index contributed by atoms with van der Waals surface area (Å²) in [6, 6.07) is 8.35. The molecule has 5 rings (SSSR count). The van der Waals surface area contributed by atoms with Crippen LogP contribution in [-0.2, 0) is 5.41 Å². The topological polar surface area (TPSA) is 129 Å². The Balaban J connectivity index is 1.44.